The summed E-state index contributed by atoms with van der Waals surface area (Å²) >= 11 is 1.98. The fraction of sp³-hybridized carbons (Fsp3) is 0.278. The van der Waals surface area contributed by atoms with E-state index >= 15 is 0 Å². The Morgan fingerprint density at radius 1 is 1.19 bits per heavy atom. The van der Waals surface area contributed by atoms with E-state index in [0.717, 1.165) is 25.0 Å². The summed E-state index contributed by atoms with van der Waals surface area (Å²) in [7, 11) is 0. The van der Waals surface area contributed by atoms with E-state index in [9.17, 15) is 18.7 Å². The molecule has 0 saturated heterocycles. The van der Waals surface area contributed by atoms with Crippen LogP contribution in [0.15, 0.2) is 36.4 Å². The number of hydrogen-bond donors (Lipinski definition) is 3. The molecule has 3 N–H and O–H groups in total. The van der Waals surface area contributed by atoms with Crippen molar-refractivity contribution in [1.29, 1.82) is 0 Å². The highest BCUT2D eigenvalue weighted by Gasteiger charge is 2.42. The van der Waals surface area contributed by atoms with Gasteiger partial charge in [-0.15, -0.1) is 0 Å². The fourth-order valence-electron chi connectivity index (χ4n) is 2.39. The normalized spacial score (nSPS) is 14.8. The topological polar surface area (TPSA) is 70.6 Å². The Labute approximate surface area is 162 Å². The zero-order valence-corrected chi connectivity index (χ0v) is 15.8. The molecular formula is C18H17F2IN2O3. The molecule has 0 unspecified atom stereocenters. The summed E-state index contributed by atoms with van der Waals surface area (Å²) in [5.74, 6) is -1.66. The lowest BCUT2D eigenvalue weighted by Crippen LogP contribution is -2.28. The Morgan fingerprint density at radius 3 is 2.62 bits per heavy atom. The molecule has 8 heteroatoms. The van der Waals surface area contributed by atoms with Crippen LogP contribution < -0.4 is 10.8 Å². The Kier molecular flexibility index (Phi) is 5.73. The van der Waals surface area contributed by atoms with E-state index in [-0.39, 0.29) is 35.6 Å². The van der Waals surface area contributed by atoms with E-state index in [4.69, 9.17) is 4.84 Å². The van der Waals surface area contributed by atoms with Crippen molar-refractivity contribution in [1.82, 2.24) is 5.48 Å². The third-order valence-corrected chi connectivity index (χ3v) is 4.93. The first-order chi connectivity index (χ1) is 12.4. The second kappa shape index (κ2) is 7.85. The van der Waals surface area contributed by atoms with Gasteiger partial charge in [0, 0.05) is 8.99 Å². The monoisotopic (exact) mass is 474 g/mol. The van der Waals surface area contributed by atoms with Gasteiger partial charge in [-0.05, 0) is 71.8 Å². The molecule has 1 aliphatic carbocycles. The van der Waals surface area contributed by atoms with Crippen molar-refractivity contribution in [2.75, 3.05) is 18.5 Å². The van der Waals surface area contributed by atoms with Crippen LogP contribution in [0.5, 0.6) is 0 Å². The lowest BCUT2D eigenvalue weighted by Gasteiger charge is -2.15. The molecule has 0 radical (unpaired) electrons. The van der Waals surface area contributed by atoms with Crippen LogP contribution in [0.4, 0.5) is 20.2 Å². The molecule has 0 spiro atoms. The molecule has 1 aliphatic rings. The van der Waals surface area contributed by atoms with Crippen molar-refractivity contribution in [2.24, 2.45) is 5.41 Å². The highest BCUT2D eigenvalue weighted by molar-refractivity contribution is 14.1. The maximum atomic E-state index is 14.0. The molecular weight excluding hydrogens is 457 g/mol. The van der Waals surface area contributed by atoms with E-state index in [1.807, 2.05) is 22.6 Å². The number of rotatable bonds is 7. The SMILES string of the molecule is O=C(NOCC1(CO)CC1)c1ccc(F)cc1Nc1ccc(I)cc1F. The third kappa shape index (κ3) is 4.49. The third-order valence-electron chi connectivity index (χ3n) is 4.26. The van der Waals surface area contributed by atoms with Gasteiger partial charge in [-0.3, -0.25) is 9.63 Å². The van der Waals surface area contributed by atoms with Crippen LogP contribution in [-0.4, -0.2) is 24.2 Å². The summed E-state index contributed by atoms with van der Waals surface area (Å²) < 4.78 is 28.4. The number of carbonyl (C=O) groups excluding carboxylic acids is 1. The van der Waals surface area contributed by atoms with E-state index < -0.39 is 17.5 Å². The molecule has 1 fully saturated rings. The van der Waals surface area contributed by atoms with Gasteiger partial charge in [0.15, 0.2) is 0 Å². The Morgan fingerprint density at radius 2 is 1.96 bits per heavy atom. The number of hydrogen-bond acceptors (Lipinski definition) is 4. The molecule has 0 atom stereocenters. The van der Waals surface area contributed by atoms with Gasteiger partial charge in [0.2, 0.25) is 0 Å². The van der Waals surface area contributed by atoms with Crippen molar-refractivity contribution in [3.8, 4) is 0 Å². The fourth-order valence-corrected chi connectivity index (χ4v) is 2.84. The maximum Gasteiger partial charge on any atom is 0.276 e. The van der Waals surface area contributed by atoms with Crippen LogP contribution in [-0.2, 0) is 4.84 Å². The van der Waals surface area contributed by atoms with Crippen LogP contribution in [0.3, 0.4) is 0 Å². The van der Waals surface area contributed by atoms with Gasteiger partial charge in [-0.25, -0.2) is 14.3 Å². The summed E-state index contributed by atoms with van der Waals surface area (Å²) in [5.41, 5.74) is 2.37. The number of carbonyl (C=O) groups is 1. The summed E-state index contributed by atoms with van der Waals surface area (Å²) in [6.45, 7) is 0.198. The number of aliphatic hydroxyl groups excluding tert-OH is 1. The Balaban J connectivity index is 1.73. The van der Waals surface area contributed by atoms with E-state index in [1.165, 1.54) is 18.2 Å². The molecule has 5 nitrogen and oxygen atoms in total. The molecule has 3 rings (SSSR count). The van der Waals surface area contributed by atoms with Gasteiger partial charge in [-0.1, -0.05) is 0 Å². The lowest BCUT2D eigenvalue weighted by molar-refractivity contribution is -0.0000228. The van der Waals surface area contributed by atoms with Gasteiger partial charge in [0.1, 0.15) is 11.6 Å². The average Bonchev–Trinajstić information content (AvgIpc) is 3.38. The van der Waals surface area contributed by atoms with Crippen molar-refractivity contribution < 1.29 is 23.5 Å². The first kappa shape index (κ1) is 19.0. The predicted octanol–water partition coefficient (Wildman–Crippen LogP) is 3.75. The van der Waals surface area contributed by atoms with Crippen LogP contribution in [0.1, 0.15) is 23.2 Å². The molecule has 138 valence electrons. The molecule has 1 amide bonds. The summed E-state index contributed by atoms with van der Waals surface area (Å²) in [5, 5.41) is 12.0. The van der Waals surface area contributed by atoms with Crippen LogP contribution in [0, 0.1) is 20.6 Å². The number of nitrogens with one attached hydrogen (secondary N) is 2. The van der Waals surface area contributed by atoms with Gasteiger partial charge < -0.3 is 10.4 Å². The molecule has 26 heavy (non-hydrogen) atoms. The average molecular weight is 474 g/mol. The number of benzene rings is 2. The summed E-state index contributed by atoms with van der Waals surface area (Å²) in [6.07, 6.45) is 1.68. The molecule has 1 saturated carbocycles. The minimum absolute atomic E-state index is 0.00168. The first-order valence-electron chi connectivity index (χ1n) is 7.97. The molecule has 2 aromatic rings. The number of halogens is 3. The predicted molar refractivity (Wildman–Crippen MR) is 101 cm³/mol. The smallest absolute Gasteiger partial charge is 0.276 e. The zero-order valence-electron chi connectivity index (χ0n) is 13.7. The standard InChI is InChI=1S/C18H17F2IN2O3/c19-11-1-3-13(17(25)23-26-10-18(9-24)5-6-18)16(7-11)22-15-4-2-12(21)8-14(15)20/h1-4,7-8,22,24H,5-6,9-10H2,(H,23,25). The number of amides is 1. The van der Waals surface area contributed by atoms with Crippen molar-refractivity contribution in [3.05, 3.63) is 57.2 Å². The highest BCUT2D eigenvalue weighted by Crippen LogP contribution is 2.44. The van der Waals surface area contributed by atoms with Gasteiger partial charge in [0.25, 0.3) is 5.91 Å². The minimum atomic E-state index is -0.591. The summed E-state index contributed by atoms with van der Waals surface area (Å²) in [6, 6.07) is 8.08. The lowest BCUT2D eigenvalue weighted by atomic mass is 10.1. The minimum Gasteiger partial charge on any atom is -0.396 e. The van der Waals surface area contributed by atoms with Crippen molar-refractivity contribution >= 4 is 39.9 Å². The maximum absolute atomic E-state index is 14.0. The molecule has 0 bridgehead atoms. The highest BCUT2D eigenvalue weighted by atomic mass is 127. The quantitative estimate of drug-likeness (QED) is 0.423. The number of aliphatic hydroxyl groups is 1. The Bertz CT molecular complexity index is 828. The first-order valence-corrected chi connectivity index (χ1v) is 9.05. The van der Waals surface area contributed by atoms with Crippen LogP contribution in [0.2, 0.25) is 0 Å². The van der Waals surface area contributed by atoms with Gasteiger partial charge in [-0.2, -0.15) is 0 Å². The molecule has 0 aromatic heterocycles. The molecule has 0 heterocycles. The zero-order chi connectivity index (χ0) is 18.7. The number of anilines is 2. The largest absolute Gasteiger partial charge is 0.396 e. The van der Waals surface area contributed by atoms with Crippen LogP contribution >= 0.6 is 22.6 Å². The van der Waals surface area contributed by atoms with Gasteiger partial charge >= 0.3 is 0 Å². The second-order valence-electron chi connectivity index (χ2n) is 6.32. The van der Waals surface area contributed by atoms with E-state index in [1.54, 1.807) is 6.07 Å². The van der Waals surface area contributed by atoms with E-state index in [0.29, 0.717) is 3.57 Å². The molecule has 0 aliphatic heterocycles. The van der Waals surface area contributed by atoms with E-state index in [2.05, 4.69) is 10.8 Å². The summed E-state index contributed by atoms with van der Waals surface area (Å²) in [4.78, 5) is 17.5. The van der Waals surface area contributed by atoms with Crippen LogP contribution in [0.25, 0.3) is 0 Å². The second-order valence-corrected chi connectivity index (χ2v) is 7.56. The number of hydroxylamine groups is 1. The Hall–Kier alpha value is -1.78. The molecule has 2 aromatic carbocycles. The van der Waals surface area contributed by atoms with Crippen molar-refractivity contribution in [2.45, 2.75) is 12.8 Å². The van der Waals surface area contributed by atoms with Crippen molar-refractivity contribution in [3.63, 3.8) is 0 Å². The van der Waals surface area contributed by atoms with Gasteiger partial charge in [0.05, 0.1) is 30.2 Å².